The van der Waals surface area contributed by atoms with E-state index in [0.717, 1.165) is 0 Å². The van der Waals surface area contributed by atoms with Crippen LogP contribution in [0.3, 0.4) is 0 Å². The molecule has 0 radical (unpaired) electrons. The third-order valence-electron chi connectivity index (χ3n) is 13.6. The molecule has 7 heteroatoms. The molecule has 0 saturated carbocycles. The number of nitrogens with zero attached hydrogens (tertiary/aromatic N) is 1. The third-order valence-corrected chi connectivity index (χ3v) is 45.7. The van der Waals surface area contributed by atoms with Crippen LogP contribution >= 0.6 is 0 Å². The van der Waals surface area contributed by atoms with Crippen molar-refractivity contribution >= 4 is 55.6 Å². The van der Waals surface area contributed by atoms with Gasteiger partial charge in [-0.1, -0.05) is 88.4 Å². The predicted molar refractivity (Wildman–Crippen MR) is 303 cm³/mol. The van der Waals surface area contributed by atoms with Gasteiger partial charge in [-0.2, -0.15) is 0 Å². The molecule has 0 saturated heterocycles. The first-order valence-corrected chi connectivity index (χ1v) is 41.4. The molecular weight excluding hydrogens is 1020 g/mol. The molecule has 0 spiro atoms. The van der Waals surface area contributed by atoms with Gasteiger partial charge >= 0.3 is 295 Å². The minimum atomic E-state index is -2.35. The Morgan fingerprint density at radius 2 is 0.879 bits per heavy atom. The van der Waals surface area contributed by atoms with Crippen LogP contribution in [0.5, 0.6) is 0 Å². The van der Waals surface area contributed by atoms with Crippen LogP contribution in [0.2, 0.25) is 26.6 Å². The van der Waals surface area contributed by atoms with Gasteiger partial charge in [-0.3, -0.25) is 0 Å². The van der Waals surface area contributed by atoms with Gasteiger partial charge in [-0.25, -0.2) is 0 Å². The molecule has 0 aliphatic rings. The van der Waals surface area contributed by atoms with Crippen molar-refractivity contribution in [1.29, 1.82) is 5.41 Å². The molecule has 2 atom stereocenters. The molecule has 0 bridgehead atoms. The summed E-state index contributed by atoms with van der Waals surface area (Å²) in [5.41, 5.74) is 22.6. The Morgan fingerprint density at radius 3 is 1.21 bits per heavy atom. The summed E-state index contributed by atoms with van der Waals surface area (Å²) in [6.45, 7) is 24.2. The van der Waals surface area contributed by atoms with Crippen LogP contribution in [-0.4, -0.2) is 48.4 Å². The quantitative estimate of drug-likeness (QED) is 0.0271. The first kappa shape index (κ1) is 61.4. The van der Waals surface area contributed by atoms with Crippen molar-refractivity contribution in [3.8, 4) is 0 Å². The van der Waals surface area contributed by atoms with Crippen LogP contribution in [0.15, 0.2) is 114 Å². The number of nitrogens with one attached hydrogen (secondary N) is 1. The monoisotopic (exact) mass is 1120 g/mol. The van der Waals surface area contributed by atoms with E-state index in [4.69, 9.17) is 22.6 Å². The van der Waals surface area contributed by atoms with E-state index in [2.05, 4.69) is 183 Å². The number of hydrogen-bond donors (Lipinski definition) is 4. The summed E-state index contributed by atoms with van der Waals surface area (Å²) in [6.07, 6.45) is 16.2. The zero-order valence-corrected chi connectivity index (χ0v) is 49.8. The van der Waals surface area contributed by atoms with Crippen LogP contribution in [0.25, 0.3) is 0 Å². The van der Waals surface area contributed by atoms with E-state index in [1.165, 1.54) is 126 Å². The van der Waals surface area contributed by atoms with Crippen LogP contribution in [0.4, 0.5) is 0 Å². The third kappa shape index (κ3) is 24.1. The minimum absolute atomic E-state index is 0.0669. The van der Waals surface area contributed by atoms with Crippen molar-refractivity contribution < 1.29 is 0 Å². The molecule has 368 valence electrons. The fourth-order valence-corrected chi connectivity index (χ4v) is 41.0. The van der Waals surface area contributed by atoms with Crippen LogP contribution in [-0.2, 0) is 13.1 Å². The molecule has 0 aliphatic carbocycles. The summed E-state index contributed by atoms with van der Waals surface area (Å²) >= 11 is -4.54. The van der Waals surface area contributed by atoms with Gasteiger partial charge in [-0.15, -0.1) is 0 Å². The fraction of sp³-hybridized carbons (Fsp3) is 0.559. The number of hydrogen-bond acceptors (Lipinski definition) is 3. The summed E-state index contributed by atoms with van der Waals surface area (Å²) in [7, 11) is 0. The molecule has 0 aromatic heterocycles. The molecule has 66 heavy (non-hydrogen) atoms. The number of unbranched alkanes of at least 4 members (excludes halogenated alkanes) is 4. The van der Waals surface area contributed by atoms with Gasteiger partial charge in [0.25, 0.3) is 0 Å². The fourth-order valence-electron chi connectivity index (χ4n) is 9.14. The van der Waals surface area contributed by atoms with E-state index in [1.54, 1.807) is 7.16 Å². The summed E-state index contributed by atoms with van der Waals surface area (Å²) in [6, 6.07) is 39.8. The van der Waals surface area contributed by atoms with Gasteiger partial charge in [0.05, 0.1) is 0 Å². The molecule has 4 rings (SSSR count). The van der Waals surface area contributed by atoms with Gasteiger partial charge in [0.15, 0.2) is 0 Å². The molecule has 0 aliphatic heterocycles. The maximum absolute atomic E-state index is 7.32. The van der Waals surface area contributed by atoms with Gasteiger partial charge in [0.1, 0.15) is 0 Å². The first-order valence-electron chi connectivity index (χ1n) is 26.5. The Balaban J connectivity index is 0.000000476. The number of aliphatic imine (C=N–C) groups is 1. The zero-order valence-electron chi connectivity index (χ0n) is 44.1. The van der Waals surface area contributed by atoms with Gasteiger partial charge in [0, 0.05) is 0 Å². The predicted octanol–water partition coefficient (Wildman–Crippen LogP) is 15.7. The number of nitrogens with two attached hydrogens (primary N) is 3. The van der Waals surface area contributed by atoms with Crippen molar-refractivity contribution in [3.05, 3.63) is 131 Å². The number of amidine groups is 2. The van der Waals surface area contributed by atoms with Crippen LogP contribution < -0.4 is 24.4 Å². The van der Waals surface area contributed by atoms with Crippen molar-refractivity contribution in [2.45, 2.75) is 204 Å². The van der Waals surface area contributed by atoms with Gasteiger partial charge in [-0.05, 0) is 35.8 Å². The molecule has 7 N–H and O–H groups in total. The molecule has 0 fully saturated rings. The second-order valence-corrected chi connectivity index (χ2v) is 45.5. The summed E-state index contributed by atoms with van der Waals surface area (Å²) < 4.78 is 12.4. The van der Waals surface area contributed by atoms with Gasteiger partial charge < -0.3 is 0 Å². The van der Waals surface area contributed by atoms with E-state index in [-0.39, 0.29) is 12.3 Å². The van der Waals surface area contributed by atoms with E-state index in [1.807, 2.05) is 0 Å². The Morgan fingerprint density at radius 1 is 0.500 bits per heavy atom. The van der Waals surface area contributed by atoms with E-state index < -0.39 is 36.8 Å². The first-order chi connectivity index (χ1) is 31.9. The molecule has 0 heterocycles. The number of benzene rings is 4. The van der Waals surface area contributed by atoms with E-state index >= 15 is 0 Å². The summed E-state index contributed by atoms with van der Waals surface area (Å²) in [5.74, 6) is 1.93. The average molecular weight is 1120 g/mol. The van der Waals surface area contributed by atoms with Crippen LogP contribution in [0.1, 0.15) is 187 Å². The normalized spacial score (nSPS) is 12.4. The second kappa shape index (κ2) is 37.3. The molecule has 2 unspecified atom stereocenters. The molecule has 5 nitrogen and oxygen atoms in total. The topological polar surface area (TPSA) is 114 Å². The Hall–Kier alpha value is -2.62. The molecule has 0 amide bonds. The van der Waals surface area contributed by atoms with E-state index in [9.17, 15) is 0 Å². The van der Waals surface area contributed by atoms with Gasteiger partial charge in [0.2, 0.25) is 0 Å². The summed E-state index contributed by atoms with van der Waals surface area (Å²) in [4.78, 5) is 4.42. The zero-order chi connectivity index (χ0) is 49.1. The standard InChI is InChI=1S/C10H13N4.2C10H14.C7H8N.4C4H9.2C3H7.2Sn/c11-9(12)6-10(13)14-7-8-4-2-1-3-5-8;2*1-3-9(2)10-7-5-4-6-8-10;8-6-7-4-2-1-3-5-7;4*1-3-4-2;2*1-3-2;;/h1-2,4-5H,6-7H2,(H3,11,12)(H2,13,14);2*4-9H,3H2,1-2H3;1-2,4-5H,6,8H2;4*1,3-4H2,2H3;2*1,3H2,2H3;;. The SMILES string of the molecule is CCC(C)c1ccccc1.CCC(C)c1ccccc1.CCC[CH2][Sn]([CH2]CC)([CH2]CCC)[c]1cccc(CN)c1.CCC[CH2][Sn]([CH2]CC)([CH2]CCC)[c]1cccc(CN=C(N)CC(=N)N)c1. The van der Waals surface area contributed by atoms with Crippen molar-refractivity contribution in [2.75, 3.05) is 0 Å². The van der Waals surface area contributed by atoms with Crippen molar-refractivity contribution in [3.63, 3.8) is 0 Å². The average Bonchev–Trinajstić information content (AvgIpc) is 3.35. The molecule has 4 aromatic carbocycles. The maximum atomic E-state index is 7.32. The molecular formula is C59H99N5Sn2. The second-order valence-electron chi connectivity index (χ2n) is 19.0. The Kier molecular flexibility index (Phi) is 34.7. The Labute approximate surface area is 415 Å². The number of rotatable bonds is 27. The van der Waals surface area contributed by atoms with Crippen molar-refractivity contribution in [1.82, 2.24) is 0 Å². The Bertz CT molecular complexity index is 1770. The summed E-state index contributed by atoms with van der Waals surface area (Å²) in [5, 5.41) is 7.32. The molecule has 4 aromatic rings. The van der Waals surface area contributed by atoms with Crippen molar-refractivity contribution in [2.24, 2.45) is 22.2 Å². The van der Waals surface area contributed by atoms with E-state index in [0.29, 0.717) is 30.8 Å². The van der Waals surface area contributed by atoms with Crippen LogP contribution in [0, 0.1) is 5.41 Å².